The fourth-order valence-electron chi connectivity index (χ4n) is 3.66. The van der Waals surface area contributed by atoms with Crippen LogP contribution in [0.15, 0.2) is 11.6 Å². The van der Waals surface area contributed by atoms with Crippen molar-refractivity contribution in [3.63, 3.8) is 0 Å². The van der Waals surface area contributed by atoms with Gasteiger partial charge in [-0.2, -0.15) is 0 Å². The van der Waals surface area contributed by atoms with Crippen molar-refractivity contribution >= 4 is 5.78 Å². The van der Waals surface area contributed by atoms with Gasteiger partial charge in [0.2, 0.25) is 0 Å². The van der Waals surface area contributed by atoms with Gasteiger partial charge in [-0.3, -0.25) is 4.79 Å². The first-order chi connectivity index (χ1) is 11.6. The van der Waals surface area contributed by atoms with Crippen molar-refractivity contribution in [3.05, 3.63) is 11.6 Å². The topological polar surface area (TPSA) is 37.3 Å². The fourth-order valence-corrected chi connectivity index (χ4v) is 3.66. The second-order valence-electron chi connectivity index (χ2n) is 8.24. The molecule has 0 saturated heterocycles. The molecule has 2 heteroatoms. The van der Waals surface area contributed by atoms with Crippen molar-refractivity contribution in [2.75, 3.05) is 6.61 Å². The SMILES string of the molecule is CC1(C)CCC(=O)C=C1CCCCCCCCCCCCCCO. The van der Waals surface area contributed by atoms with Crippen LogP contribution in [0.3, 0.4) is 0 Å². The Bertz CT molecular complexity index is 368. The lowest BCUT2D eigenvalue weighted by atomic mass is 9.73. The third kappa shape index (κ3) is 9.61. The molecule has 1 aliphatic rings. The van der Waals surface area contributed by atoms with Gasteiger partial charge in [-0.15, -0.1) is 0 Å². The van der Waals surface area contributed by atoms with Gasteiger partial charge in [0, 0.05) is 13.0 Å². The first kappa shape index (κ1) is 21.4. The van der Waals surface area contributed by atoms with Crippen molar-refractivity contribution in [2.45, 2.75) is 110 Å². The summed E-state index contributed by atoms with van der Waals surface area (Å²) in [5.74, 6) is 0.334. The van der Waals surface area contributed by atoms with Gasteiger partial charge in [0.15, 0.2) is 5.78 Å². The minimum absolute atomic E-state index is 0.241. The Hall–Kier alpha value is -0.630. The quantitative estimate of drug-likeness (QED) is 0.374. The highest BCUT2D eigenvalue weighted by Crippen LogP contribution is 2.38. The number of hydrogen-bond donors (Lipinski definition) is 1. The summed E-state index contributed by atoms with van der Waals surface area (Å²) in [5.41, 5.74) is 1.63. The first-order valence-corrected chi connectivity index (χ1v) is 10.4. The number of aliphatic hydroxyl groups is 1. The van der Waals surface area contributed by atoms with E-state index in [1.54, 1.807) is 0 Å². The highest BCUT2D eigenvalue weighted by Gasteiger charge is 2.27. The van der Waals surface area contributed by atoms with E-state index in [1.165, 1.54) is 76.2 Å². The molecule has 0 aromatic rings. The maximum Gasteiger partial charge on any atom is 0.155 e. The van der Waals surface area contributed by atoms with Crippen LogP contribution >= 0.6 is 0 Å². The van der Waals surface area contributed by atoms with E-state index in [2.05, 4.69) is 13.8 Å². The molecule has 0 fully saturated rings. The van der Waals surface area contributed by atoms with Gasteiger partial charge in [-0.05, 0) is 37.2 Å². The van der Waals surface area contributed by atoms with Gasteiger partial charge in [0.1, 0.15) is 0 Å². The van der Waals surface area contributed by atoms with Crippen LogP contribution in [0.1, 0.15) is 110 Å². The van der Waals surface area contributed by atoms with E-state index in [-0.39, 0.29) is 5.41 Å². The molecule has 0 heterocycles. The highest BCUT2D eigenvalue weighted by atomic mass is 16.2. The molecule has 0 atom stereocenters. The van der Waals surface area contributed by atoms with Gasteiger partial charge in [-0.25, -0.2) is 0 Å². The molecule has 0 aromatic heterocycles. The Morgan fingerprint density at radius 2 is 1.29 bits per heavy atom. The van der Waals surface area contributed by atoms with Crippen molar-refractivity contribution in [1.82, 2.24) is 0 Å². The monoisotopic (exact) mass is 336 g/mol. The number of carbonyl (C=O) groups excluding carboxylic acids is 1. The molecule has 0 spiro atoms. The molecule has 0 amide bonds. The molecule has 0 saturated carbocycles. The number of hydrogen-bond acceptors (Lipinski definition) is 2. The van der Waals surface area contributed by atoms with Crippen LogP contribution in [0.4, 0.5) is 0 Å². The predicted molar refractivity (Wildman–Crippen MR) is 103 cm³/mol. The van der Waals surface area contributed by atoms with E-state index in [1.807, 2.05) is 6.08 Å². The average molecular weight is 337 g/mol. The lowest BCUT2D eigenvalue weighted by Crippen LogP contribution is -2.22. The van der Waals surface area contributed by atoms with E-state index in [4.69, 9.17) is 5.11 Å². The zero-order valence-corrected chi connectivity index (χ0v) is 16.2. The molecule has 0 aromatic carbocycles. The van der Waals surface area contributed by atoms with E-state index < -0.39 is 0 Å². The number of unbranched alkanes of at least 4 members (excludes halogenated alkanes) is 11. The van der Waals surface area contributed by atoms with E-state index in [9.17, 15) is 4.79 Å². The number of ketones is 1. The Morgan fingerprint density at radius 1 is 0.833 bits per heavy atom. The van der Waals surface area contributed by atoms with Gasteiger partial charge < -0.3 is 5.11 Å². The molecule has 140 valence electrons. The molecule has 1 rings (SSSR count). The summed E-state index contributed by atoms with van der Waals surface area (Å²) in [6.45, 7) is 4.93. The number of rotatable bonds is 14. The Balaban J connectivity index is 1.91. The number of aliphatic hydroxyl groups excluding tert-OH is 1. The lowest BCUT2D eigenvalue weighted by Gasteiger charge is -2.31. The molecule has 1 aliphatic carbocycles. The molecular weight excluding hydrogens is 296 g/mol. The van der Waals surface area contributed by atoms with Crippen LogP contribution in [0.25, 0.3) is 0 Å². The minimum atomic E-state index is 0.241. The van der Waals surface area contributed by atoms with Crippen LogP contribution in [0, 0.1) is 5.41 Å². The Kier molecular flexibility index (Phi) is 11.3. The predicted octanol–water partition coefficient (Wildman–Crippen LogP) is 6.37. The summed E-state index contributed by atoms with van der Waals surface area (Å²) < 4.78 is 0. The third-order valence-electron chi connectivity index (χ3n) is 5.56. The molecule has 24 heavy (non-hydrogen) atoms. The number of carbonyl (C=O) groups is 1. The van der Waals surface area contributed by atoms with Gasteiger partial charge in [0.05, 0.1) is 0 Å². The summed E-state index contributed by atoms with van der Waals surface area (Å²) in [7, 11) is 0. The summed E-state index contributed by atoms with van der Waals surface area (Å²) in [6.07, 6.45) is 20.4. The summed E-state index contributed by atoms with van der Waals surface area (Å²) in [6, 6.07) is 0. The van der Waals surface area contributed by atoms with Crippen molar-refractivity contribution in [3.8, 4) is 0 Å². The van der Waals surface area contributed by atoms with E-state index >= 15 is 0 Å². The van der Waals surface area contributed by atoms with Crippen LogP contribution in [-0.2, 0) is 4.79 Å². The highest BCUT2D eigenvalue weighted by molar-refractivity contribution is 5.91. The average Bonchev–Trinajstić information content (AvgIpc) is 2.55. The summed E-state index contributed by atoms with van der Waals surface area (Å²) >= 11 is 0. The van der Waals surface area contributed by atoms with Gasteiger partial charge >= 0.3 is 0 Å². The molecule has 0 radical (unpaired) electrons. The smallest absolute Gasteiger partial charge is 0.155 e. The van der Waals surface area contributed by atoms with Crippen LogP contribution in [0.2, 0.25) is 0 Å². The van der Waals surface area contributed by atoms with Crippen molar-refractivity contribution in [1.29, 1.82) is 0 Å². The van der Waals surface area contributed by atoms with Gasteiger partial charge in [-0.1, -0.05) is 83.6 Å². The summed E-state index contributed by atoms with van der Waals surface area (Å²) in [4.78, 5) is 11.6. The molecule has 0 bridgehead atoms. The largest absolute Gasteiger partial charge is 0.396 e. The minimum Gasteiger partial charge on any atom is -0.396 e. The molecule has 0 unspecified atom stereocenters. The molecule has 1 N–H and O–H groups in total. The Labute approximate surface area is 150 Å². The zero-order valence-electron chi connectivity index (χ0n) is 16.2. The zero-order chi connectivity index (χ0) is 17.7. The van der Waals surface area contributed by atoms with E-state index in [0.717, 1.165) is 25.7 Å². The standard InChI is InChI=1S/C22H40O2/c1-22(2)17-16-21(24)19-20(22)15-13-11-9-7-5-3-4-6-8-10-12-14-18-23/h19,23H,3-18H2,1-2H3. The number of allylic oxidation sites excluding steroid dienone is 2. The van der Waals surface area contributed by atoms with Crippen LogP contribution < -0.4 is 0 Å². The summed E-state index contributed by atoms with van der Waals surface area (Å²) in [5, 5.41) is 8.72. The fraction of sp³-hybridized carbons (Fsp3) is 0.864. The van der Waals surface area contributed by atoms with Gasteiger partial charge in [0.25, 0.3) is 0 Å². The molecule has 2 nitrogen and oxygen atoms in total. The van der Waals surface area contributed by atoms with Crippen LogP contribution in [0.5, 0.6) is 0 Å². The van der Waals surface area contributed by atoms with Crippen LogP contribution in [-0.4, -0.2) is 17.5 Å². The second-order valence-corrected chi connectivity index (χ2v) is 8.24. The lowest BCUT2D eigenvalue weighted by molar-refractivity contribution is -0.115. The Morgan fingerprint density at radius 3 is 1.79 bits per heavy atom. The van der Waals surface area contributed by atoms with E-state index in [0.29, 0.717) is 12.4 Å². The maximum atomic E-state index is 11.6. The third-order valence-corrected chi connectivity index (χ3v) is 5.56. The second kappa shape index (κ2) is 12.7. The molecule has 0 aliphatic heterocycles. The first-order valence-electron chi connectivity index (χ1n) is 10.4. The van der Waals surface area contributed by atoms with Crippen molar-refractivity contribution < 1.29 is 9.90 Å². The van der Waals surface area contributed by atoms with Crippen molar-refractivity contribution in [2.24, 2.45) is 5.41 Å². The normalized spacial score (nSPS) is 17.1. The molecular formula is C22H40O2. The maximum absolute atomic E-state index is 11.6.